The number of amides is 2. The fourth-order valence-electron chi connectivity index (χ4n) is 4.88. The van der Waals surface area contributed by atoms with Gasteiger partial charge in [-0.2, -0.15) is 0 Å². The average Bonchev–Trinajstić information content (AvgIpc) is 3.44. The Kier molecular flexibility index (Phi) is 8.58. The number of anilines is 2. The highest BCUT2D eigenvalue weighted by Gasteiger charge is 2.52. The Bertz CT molecular complexity index is 1210. The van der Waals surface area contributed by atoms with Gasteiger partial charge >= 0.3 is 5.97 Å². The maximum atomic E-state index is 13.7. The molecule has 0 bridgehead atoms. The number of methoxy groups -OCH3 is 1. The number of benzene rings is 1. The van der Waals surface area contributed by atoms with Crippen molar-refractivity contribution < 1.29 is 29.3 Å². The standard InChI is InChI=1S/C27H35N5O6/c1-19(7-3-5-13-30-18-20(12-16-33)28-29-30)27(37)22-17-21(31-15-11-24(31)34)9-10-23(22)32(26(27)36)14-6-4-8-25(35)38-2/h3,7,9-10,17-19,33,37H,4-6,8,11-16H2,1-2H3/b7-3+/t19-,27+/m1/s1. The first-order valence-corrected chi connectivity index (χ1v) is 13.0. The molecule has 0 spiro atoms. The Morgan fingerprint density at radius 2 is 2.08 bits per heavy atom. The van der Waals surface area contributed by atoms with Crippen LogP contribution in [0.3, 0.4) is 0 Å². The number of fused-ring (bicyclic) bond motifs is 1. The molecule has 0 radical (unpaired) electrons. The average molecular weight is 526 g/mol. The highest BCUT2D eigenvalue weighted by Crippen LogP contribution is 2.47. The number of allylic oxidation sites excluding steroid dienone is 1. The van der Waals surface area contributed by atoms with Crippen LogP contribution in [0.1, 0.15) is 50.3 Å². The predicted octanol–water partition coefficient (Wildman–Crippen LogP) is 1.71. The smallest absolute Gasteiger partial charge is 0.305 e. The van der Waals surface area contributed by atoms with Crippen molar-refractivity contribution in [3.8, 4) is 0 Å². The second-order valence-electron chi connectivity index (χ2n) is 9.71. The zero-order valence-electron chi connectivity index (χ0n) is 21.9. The third-order valence-corrected chi connectivity index (χ3v) is 7.22. The molecule has 2 aliphatic heterocycles. The molecule has 204 valence electrons. The van der Waals surface area contributed by atoms with Gasteiger partial charge in [0.15, 0.2) is 5.60 Å². The van der Waals surface area contributed by atoms with Crippen LogP contribution in [0.25, 0.3) is 0 Å². The van der Waals surface area contributed by atoms with Crippen LogP contribution in [0, 0.1) is 5.92 Å². The normalized spacial score (nSPS) is 19.7. The lowest BCUT2D eigenvalue weighted by molar-refractivity contribution is -0.140. The molecule has 11 heteroatoms. The first-order valence-electron chi connectivity index (χ1n) is 13.0. The largest absolute Gasteiger partial charge is 0.469 e. The number of esters is 1. The molecule has 38 heavy (non-hydrogen) atoms. The number of aromatic nitrogens is 3. The van der Waals surface area contributed by atoms with Crippen LogP contribution in [0.15, 0.2) is 36.5 Å². The van der Waals surface area contributed by atoms with Gasteiger partial charge in [0, 0.05) is 68.9 Å². The number of hydrogen-bond acceptors (Lipinski definition) is 8. The van der Waals surface area contributed by atoms with E-state index in [0.29, 0.717) is 68.7 Å². The molecule has 2 amide bonds. The van der Waals surface area contributed by atoms with Gasteiger partial charge in [-0.3, -0.25) is 19.1 Å². The first kappa shape index (κ1) is 27.5. The summed E-state index contributed by atoms with van der Waals surface area (Å²) >= 11 is 0. The molecule has 3 heterocycles. The number of nitrogens with zero attached hydrogens (tertiary/aromatic N) is 5. The van der Waals surface area contributed by atoms with E-state index in [2.05, 4.69) is 10.3 Å². The highest BCUT2D eigenvalue weighted by atomic mass is 16.5. The molecular formula is C27H35N5O6. The van der Waals surface area contributed by atoms with E-state index in [1.54, 1.807) is 45.8 Å². The van der Waals surface area contributed by atoms with Crippen molar-refractivity contribution in [1.82, 2.24) is 15.0 Å². The molecule has 2 atom stereocenters. The van der Waals surface area contributed by atoms with Crippen molar-refractivity contribution in [2.24, 2.45) is 5.92 Å². The molecule has 1 saturated heterocycles. The predicted molar refractivity (Wildman–Crippen MR) is 139 cm³/mol. The molecule has 11 nitrogen and oxygen atoms in total. The monoisotopic (exact) mass is 525 g/mol. The zero-order chi connectivity index (χ0) is 27.3. The molecule has 4 rings (SSSR count). The first-order chi connectivity index (χ1) is 18.3. The van der Waals surface area contributed by atoms with Crippen molar-refractivity contribution in [3.63, 3.8) is 0 Å². The van der Waals surface area contributed by atoms with Gasteiger partial charge in [-0.15, -0.1) is 5.10 Å². The molecule has 2 aliphatic rings. The summed E-state index contributed by atoms with van der Waals surface area (Å²) in [5.74, 6) is -1.25. The van der Waals surface area contributed by atoms with Crippen LogP contribution >= 0.6 is 0 Å². The number of β-lactam (4-membered cyclic amide) rings is 1. The maximum absolute atomic E-state index is 13.7. The summed E-state index contributed by atoms with van der Waals surface area (Å²) in [4.78, 5) is 40.4. The fraction of sp³-hybridized carbons (Fsp3) is 0.519. The summed E-state index contributed by atoms with van der Waals surface area (Å²) in [6, 6.07) is 5.35. The summed E-state index contributed by atoms with van der Waals surface area (Å²) in [6.45, 7) is 3.35. The molecule has 2 N–H and O–H groups in total. The van der Waals surface area contributed by atoms with Crippen molar-refractivity contribution >= 4 is 29.2 Å². The van der Waals surface area contributed by atoms with Crippen LogP contribution in [-0.2, 0) is 37.7 Å². The van der Waals surface area contributed by atoms with Crippen LogP contribution in [-0.4, -0.2) is 69.8 Å². The summed E-state index contributed by atoms with van der Waals surface area (Å²) in [7, 11) is 1.35. The number of aliphatic hydroxyl groups excluding tert-OH is 1. The van der Waals surface area contributed by atoms with Gasteiger partial charge in [0.1, 0.15) is 0 Å². The molecule has 1 fully saturated rings. The molecule has 1 aromatic heterocycles. The van der Waals surface area contributed by atoms with E-state index in [-0.39, 0.29) is 24.9 Å². The van der Waals surface area contributed by atoms with Gasteiger partial charge in [0.25, 0.3) is 5.91 Å². The van der Waals surface area contributed by atoms with E-state index in [1.165, 1.54) is 7.11 Å². The Balaban J connectivity index is 1.51. The Hall–Kier alpha value is -3.57. The molecule has 2 aromatic rings. The topological polar surface area (TPSA) is 138 Å². The number of aryl methyl sites for hydroxylation is 1. The summed E-state index contributed by atoms with van der Waals surface area (Å²) in [5.41, 5.74) is 0.691. The third kappa shape index (κ3) is 5.48. The molecule has 0 saturated carbocycles. The van der Waals surface area contributed by atoms with E-state index < -0.39 is 17.4 Å². The number of ether oxygens (including phenoxy) is 1. The third-order valence-electron chi connectivity index (χ3n) is 7.22. The minimum Gasteiger partial charge on any atom is -0.469 e. The minimum atomic E-state index is -1.79. The molecule has 0 aliphatic carbocycles. The Morgan fingerprint density at radius 3 is 2.76 bits per heavy atom. The minimum absolute atomic E-state index is 0.0140. The van der Waals surface area contributed by atoms with Crippen molar-refractivity contribution in [3.05, 3.63) is 47.8 Å². The van der Waals surface area contributed by atoms with E-state index in [1.807, 2.05) is 12.2 Å². The maximum Gasteiger partial charge on any atom is 0.305 e. The number of hydrogen-bond donors (Lipinski definition) is 2. The fourth-order valence-corrected chi connectivity index (χ4v) is 4.88. The van der Waals surface area contributed by atoms with Gasteiger partial charge < -0.3 is 24.7 Å². The van der Waals surface area contributed by atoms with E-state index >= 15 is 0 Å². The SMILES string of the molecule is COC(=O)CCCCN1C(=O)[C@](O)([C@H](C)/C=C/CCn2cc(CCO)nn2)c2cc(N3CCC3=O)ccc21. The number of unbranched alkanes of at least 4 members (excludes halogenated alkanes) is 1. The second-order valence-corrected chi connectivity index (χ2v) is 9.71. The number of rotatable bonds is 13. The lowest BCUT2D eigenvalue weighted by Crippen LogP contribution is -2.45. The highest BCUT2D eigenvalue weighted by molar-refractivity contribution is 6.08. The second kappa shape index (κ2) is 11.9. The van der Waals surface area contributed by atoms with Gasteiger partial charge in [0.05, 0.1) is 18.5 Å². The van der Waals surface area contributed by atoms with Crippen molar-refractivity contribution in [2.45, 2.75) is 57.6 Å². The lowest BCUT2D eigenvalue weighted by Gasteiger charge is -2.32. The summed E-state index contributed by atoms with van der Waals surface area (Å²) < 4.78 is 6.38. The summed E-state index contributed by atoms with van der Waals surface area (Å²) in [5, 5.41) is 29.0. The van der Waals surface area contributed by atoms with Crippen LogP contribution in [0.5, 0.6) is 0 Å². The zero-order valence-corrected chi connectivity index (χ0v) is 21.9. The van der Waals surface area contributed by atoms with Crippen LogP contribution < -0.4 is 9.80 Å². The Morgan fingerprint density at radius 1 is 1.26 bits per heavy atom. The lowest BCUT2D eigenvalue weighted by atomic mass is 9.82. The number of carbonyl (C=O) groups excluding carboxylic acids is 3. The van der Waals surface area contributed by atoms with Gasteiger partial charge in [-0.1, -0.05) is 24.3 Å². The van der Waals surface area contributed by atoms with Gasteiger partial charge in [-0.25, -0.2) is 0 Å². The quantitative estimate of drug-likeness (QED) is 0.174. The molecular weight excluding hydrogens is 490 g/mol. The van der Waals surface area contributed by atoms with E-state index in [9.17, 15) is 19.5 Å². The van der Waals surface area contributed by atoms with E-state index in [4.69, 9.17) is 9.84 Å². The molecule has 1 aromatic carbocycles. The Labute approximate surface area is 221 Å². The van der Waals surface area contributed by atoms with Crippen LogP contribution in [0.2, 0.25) is 0 Å². The molecule has 0 unspecified atom stereocenters. The van der Waals surface area contributed by atoms with Gasteiger partial charge in [0.2, 0.25) is 5.91 Å². The van der Waals surface area contributed by atoms with Crippen LogP contribution in [0.4, 0.5) is 11.4 Å². The number of aliphatic hydroxyl groups is 2. The number of carbonyl (C=O) groups is 3. The van der Waals surface area contributed by atoms with Crippen molar-refractivity contribution in [1.29, 1.82) is 0 Å². The van der Waals surface area contributed by atoms with E-state index in [0.717, 1.165) is 5.69 Å². The van der Waals surface area contributed by atoms with Gasteiger partial charge in [-0.05, 0) is 37.5 Å². The summed E-state index contributed by atoms with van der Waals surface area (Å²) in [6.07, 6.45) is 8.46. The van der Waals surface area contributed by atoms with Crippen molar-refractivity contribution in [2.75, 3.05) is 36.6 Å².